The van der Waals surface area contributed by atoms with Gasteiger partial charge in [-0.25, -0.2) is 0 Å². The number of carbonyl (C=O) groups excluding carboxylic acids is 1. The number of furan rings is 1. The molecule has 2 aliphatic rings. The molecule has 1 aromatic heterocycles. The Kier molecular flexibility index (Phi) is 3.59. The van der Waals surface area contributed by atoms with E-state index in [1.165, 1.54) is 25.8 Å². The molecule has 20 heavy (non-hydrogen) atoms. The van der Waals surface area contributed by atoms with Gasteiger partial charge in [0.05, 0.1) is 0 Å². The van der Waals surface area contributed by atoms with Crippen LogP contribution >= 0.6 is 0 Å². The molecule has 2 saturated heterocycles. The second-order valence-electron chi connectivity index (χ2n) is 6.31. The molecule has 1 amide bonds. The van der Waals surface area contributed by atoms with Crippen molar-refractivity contribution in [3.05, 3.63) is 23.7 Å². The quantitative estimate of drug-likeness (QED) is 0.791. The molecule has 0 saturated carbocycles. The normalized spacial score (nSPS) is 28.0. The Morgan fingerprint density at radius 1 is 1.15 bits per heavy atom. The highest BCUT2D eigenvalue weighted by Crippen LogP contribution is 2.37. The van der Waals surface area contributed by atoms with Crippen LogP contribution in [0.3, 0.4) is 0 Å². The molecule has 1 atom stereocenters. The number of nitrogens with zero attached hydrogens (tertiary/aromatic N) is 2. The summed E-state index contributed by atoms with van der Waals surface area (Å²) in [5.41, 5.74) is 0.341. The maximum atomic E-state index is 12.5. The molecule has 0 aromatic carbocycles. The van der Waals surface area contributed by atoms with E-state index in [1.807, 2.05) is 17.9 Å². The Labute approximate surface area is 120 Å². The Morgan fingerprint density at radius 3 is 2.50 bits per heavy atom. The summed E-state index contributed by atoms with van der Waals surface area (Å²) in [4.78, 5) is 17.0. The molecule has 110 valence electrons. The van der Waals surface area contributed by atoms with E-state index in [4.69, 9.17) is 4.42 Å². The number of aryl methyl sites for hydroxylation is 1. The van der Waals surface area contributed by atoms with Crippen LogP contribution in [-0.2, 0) is 0 Å². The molecule has 0 bridgehead atoms. The van der Waals surface area contributed by atoms with Crippen molar-refractivity contribution in [3.8, 4) is 0 Å². The van der Waals surface area contributed by atoms with Gasteiger partial charge < -0.3 is 14.2 Å². The van der Waals surface area contributed by atoms with Gasteiger partial charge in [-0.05, 0) is 64.8 Å². The summed E-state index contributed by atoms with van der Waals surface area (Å²) in [5.74, 6) is 1.34. The van der Waals surface area contributed by atoms with Crippen LogP contribution in [0.25, 0.3) is 0 Å². The Hall–Kier alpha value is -1.29. The molecule has 3 heterocycles. The first-order valence-electron chi connectivity index (χ1n) is 7.68. The highest BCUT2D eigenvalue weighted by atomic mass is 16.3. The Bertz CT molecular complexity index is 496. The minimum Gasteiger partial charge on any atom is -0.456 e. The van der Waals surface area contributed by atoms with Crippen molar-refractivity contribution in [2.75, 3.05) is 26.7 Å². The minimum atomic E-state index is 0.0517. The molecule has 4 nitrogen and oxygen atoms in total. The van der Waals surface area contributed by atoms with Gasteiger partial charge in [-0.3, -0.25) is 4.79 Å². The molecule has 0 radical (unpaired) electrons. The molecule has 4 heteroatoms. The van der Waals surface area contributed by atoms with Crippen LogP contribution in [0.2, 0.25) is 0 Å². The lowest BCUT2D eigenvalue weighted by Crippen LogP contribution is -2.42. The standard InChI is InChI=1S/C16H24N2O2/c1-13-5-6-14(20-13)15(19)18-11-4-8-16(9-12-18)7-3-10-17(16)2/h5-6H,3-4,7-12H2,1-2H3/t16-/m1/s1. The van der Waals surface area contributed by atoms with E-state index in [2.05, 4.69) is 11.9 Å². The summed E-state index contributed by atoms with van der Waals surface area (Å²) < 4.78 is 5.48. The number of rotatable bonds is 1. The number of hydrogen-bond acceptors (Lipinski definition) is 3. The number of carbonyl (C=O) groups is 1. The van der Waals surface area contributed by atoms with Crippen LogP contribution in [0.5, 0.6) is 0 Å². The van der Waals surface area contributed by atoms with Gasteiger partial charge in [-0.15, -0.1) is 0 Å². The van der Waals surface area contributed by atoms with E-state index in [1.54, 1.807) is 6.07 Å². The Balaban J connectivity index is 1.70. The molecule has 2 aliphatic heterocycles. The first kappa shape index (κ1) is 13.7. The molecule has 0 unspecified atom stereocenters. The van der Waals surface area contributed by atoms with Gasteiger partial charge in [0.2, 0.25) is 0 Å². The van der Waals surface area contributed by atoms with E-state index >= 15 is 0 Å². The summed E-state index contributed by atoms with van der Waals surface area (Å²) in [6, 6.07) is 3.65. The molecule has 2 fully saturated rings. The van der Waals surface area contributed by atoms with Crippen molar-refractivity contribution < 1.29 is 9.21 Å². The van der Waals surface area contributed by atoms with Crippen molar-refractivity contribution in [1.29, 1.82) is 0 Å². The zero-order chi connectivity index (χ0) is 14.2. The van der Waals surface area contributed by atoms with Gasteiger partial charge in [0.25, 0.3) is 5.91 Å². The summed E-state index contributed by atoms with van der Waals surface area (Å²) in [7, 11) is 2.24. The van der Waals surface area contributed by atoms with E-state index in [9.17, 15) is 4.79 Å². The van der Waals surface area contributed by atoms with Crippen LogP contribution in [-0.4, -0.2) is 47.9 Å². The molecule has 1 aromatic rings. The summed E-state index contributed by atoms with van der Waals surface area (Å²) in [6.45, 7) is 4.78. The second-order valence-corrected chi connectivity index (χ2v) is 6.31. The van der Waals surface area contributed by atoms with Crippen LogP contribution in [0.15, 0.2) is 16.5 Å². The fourth-order valence-corrected chi connectivity index (χ4v) is 3.79. The lowest BCUT2D eigenvalue weighted by Gasteiger charge is -2.35. The van der Waals surface area contributed by atoms with Crippen molar-refractivity contribution in [1.82, 2.24) is 9.80 Å². The van der Waals surface area contributed by atoms with Gasteiger partial charge >= 0.3 is 0 Å². The van der Waals surface area contributed by atoms with Gasteiger partial charge in [0.1, 0.15) is 5.76 Å². The number of hydrogen-bond donors (Lipinski definition) is 0. The minimum absolute atomic E-state index is 0.0517. The number of amides is 1. The average Bonchev–Trinajstić information content (AvgIpc) is 2.93. The highest BCUT2D eigenvalue weighted by Gasteiger charge is 2.40. The predicted octanol–water partition coefficient (Wildman–Crippen LogP) is 2.68. The Morgan fingerprint density at radius 2 is 1.90 bits per heavy atom. The zero-order valence-corrected chi connectivity index (χ0v) is 12.5. The van der Waals surface area contributed by atoms with Crippen LogP contribution in [0.4, 0.5) is 0 Å². The van der Waals surface area contributed by atoms with Crippen molar-refractivity contribution in [2.45, 2.75) is 44.6 Å². The maximum Gasteiger partial charge on any atom is 0.289 e. The highest BCUT2D eigenvalue weighted by molar-refractivity contribution is 5.91. The predicted molar refractivity (Wildman–Crippen MR) is 77.8 cm³/mol. The summed E-state index contributed by atoms with van der Waals surface area (Å²) in [6.07, 6.45) is 5.97. The molecular weight excluding hydrogens is 252 g/mol. The molecule has 0 N–H and O–H groups in total. The van der Waals surface area contributed by atoms with Crippen LogP contribution in [0.1, 0.15) is 48.4 Å². The van der Waals surface area contributed by atoms with Crippen LogP contribution in [0, 0.1) is 6.92 Å². The smallest absolute Gasteiger partial charge is 0.289 e. The third-order valence-corrected chi connectivity index (χ3v) is 5.10. The van der Waals surface area contributed by atoms with E-state index in [-0.39, 0.29) is 5.91 Å². The summed E-state index contributed by atoms with van der Waals surface area (Å²) >= 11 is 0. The topological polar surface area (TPSA) is 36.7 Å². The van der Waals surface area contributed by atoms with Crippen molar-refractivity contribution >= 4 is 5.91 Å². The third kappa shape index (κ3) is 2.37. The monoisotopic (exact) mass is 276 g/mol. The van der Waals surface area contributed by atoms with Gasteiger partial charge in [-0.2, -0.15) is 0 Å². The average molecular weight is 276 g/mol. The SMILES string of the molecule is Cc1ccc(C(=O)N2CCC[C@]3(CCCN3C)CC2)o1. The third-order valence-electron chi connectivity index (χ3n) is 5.10. The number of likely N-dealkylation sites (tertiary alicyclic amines) is 2. The van der Waals surface area contributed by atoms with E-state index in [0.717, 1.165) is 31.7 Å². The lowest BCUT2D eigenvalue weighted by atomic mass is 9.88. The molecule has 1 spiro atoms. The van der Waals surface area contributed by atoms with Gasteiger partial charge in [0.15, 0.2) is 5.76 Å². The van der Waals surface area contributed by atoms with Crippen molar-refractivity contribution in [2.24, 2.45) is 0 Å². The first-order chi connectivity index (χ1) is 9.61. The van der Waals surface area contributed by atoms with Gasteiger partial charge in [0, 0.05) is 18.6 Å². The fraction of sp³-hybridized carbons (Fsp3) is 0.688. The summed E-state index contributed by atoms with van der Waals surface area (Å²) in [5, 5.41) is 0. The molecule has 0 aliphatic carbocycles. The van der Waals surface area contributed by atoms with E-state index < -0.39 is 0 Å². The van der Waals surface area contributed by atoms with Crippen molar-refractivity contribution in [3.63, 3.8) is 0 Å². The van der Waals surface area contributed by atoms with Gasteiger partial charge in [-0.1, -0.05) is 0 Å². The van der Waals surface area contributed by atoms with E-state index in [0.29, 0.717) is 11.3 Å². The zero-order valence-electron chi connectivity index (χ0n) is 12.5. The fourth-order valence-electron chi connectivity index (χ4n) is 3.79. The maximum absolute atomic E-state index is 12.5. The van der Waals surface area contributed by atoms with Crippen LogP contribution < -0.4 is 0 Å². The molecular formula is C16H24N2O2. The lowest BCUT2D eigenvalue weighted by molar-refractivity contribution is 0.0716. The largest absolute Gasteiger partial charge is 0.456 e. The second kappa shape index (κ2) is 5.24. The first-order valence-corrected chi connectivity index (χ1v) is 7.68. The molecule has 3 rings (SSSR count).